The normalized spacial score (nSPS) is 25.6. The molecule has 0 fully saturated rings. The fourth-order valence-corrected chi connectivity index (χ4v) is 1.57. The zero-order valence-corrected chi connectivity index (χ0v) is 7.72. The van der Waals surface area contributed by atoms with Crippen molar-refractivity contribution in [3.05, 3.63) is 28.8 Å². The van der Waals surface area contributed by atoms with Gasteiger partial charge in [0.2, 0.25) is 0 Å². The Morgan fingerprint density at radius 3 is 2.92 bits per heavy atom. The predicted octanol–water partition coefficient (Wildman–Crippen LogP) is 1.50. The van der Waals surface area contributed by atoms with Gasteiger partial charge in [-0.05, 0) is 25.1 Å². The van der Waals surface area contributed by atoms with E-state index in [0.717, 1.165) is 0 Å². The molecule has 0 saturated heterocycles. The fraction of sp³-hybridized carbons (Fsp3) is 0.222. The number of nitrogens with one attached hydrogen (secondary N) is 1. The lowest BCUT2D eigenvalue weighted by molar-refractivity contribution is -0.131. The van der Waals surface area contributed by atoms with Crippen LogP contribution in [0.15, 0.2) is 18.2 Å². The Morgan fingerprint density at radius 2 is 2.23 bits per heavy atom. The van der Waals surface area contributed by atoms with Gasteiger partial charge in [0.05, 0.1) is 0 Å². The lowest BCUT2D eigenvalue weighted by Gasteiger charge is -2.13. The van der Waals surface area contributed by atoms with Crippen molar-refractivity contribution in [3.8, 4) is 0 Å². The van der Waals surface area contributed by atoms with E-state index in [4.69, 9.17) is 11.6 Å². The number of amides is 1. The number of benzene rings is 1. The van der Waals surface area contributed by atoms with Gasteiger partial charge in [-0.3, -0.25) is 4.79 Å². The van der Waals surface area contributed by atoms with Crippen LogP contribution in [0.1, 0.15) is 12.5 Å². The molecule has 1 aliphatic heterocycles. The molecule has 1 amide bonds. The molecule has 1 aromatic rings. The number of anilines is 1. The van der Waals surface area contributed by atoms with Gasteiger partial charge < -0.3 is 10.4 Å². The van der Waals surface area contributed by atoms with Crippen LogP contribution in [0.3, 0.4) is 0 Å². The molecule has 0 bridgehead atoms. The van der Waals surface area contributed by atoms with E-state index < -0.39 is 11.5 Å². The van der Waals surface area contributed by atoms with Crippen molar-refractivity contribution < 1.29 is 9.90 Å². The number of rotatable bonds is 0. The van der Waals surface area contributed by atoms with E-state index in [-0.39, 0.29) is 0 Å². The molecule has 0 aliphatic carbocycles. The van der Waals surface area contributed by atoms with Crippen LogP contribution < -0.4 is 5.32 Å². The van der Waals surface area contributed by atoms with Crippen LogP contribution in [0.5, 0.6) is 0 Å². The number of fused-ring (bicyclic) bond motifs is 1. The first-order chi connectivity index (χ1) is 6.01. The third-order valence-electron chi connectivity index (χ3n) is 2.20. The van der Waals surface area contributed by atoms with E-state index in [9.17, 15) is 9.90 Å². The molecule has 3 nitrogen and oxygen atoms in total. The van der Waals surface area contributed by atoms with Gasteiger partial charge in [0, 0.05) is 16.3 Å². The van der Waals surface area contributed by atoms with E-state index >= 15 is 0 Å². The highest BCUT2D eigenvalue weighted by molar-refractivity contribution is 6.31. The third-order valence-corrected chi connectivity index (χ3v) is 2.43. The molecular weight excluding hydrogens is 190 g/mol. The van der Waals surface area contributed by atoms with Gasteiger partial charge in [-0.15, -0.1) is 0 Å². The predicted molar refractivity (Wildman–Crippen MR) is 49.7 cm³/mol. The van der Waals surface area contributed by atoms with E-state index in [1.807, 2.05) is 0 Å². The van der Waals surface area contributed by atoms with E-state index in [1.165, 1.54) is 6.92 Å². The first kappa shape index (κ1) is 8.53. The molecule has 68 valence electrons. The maximum absolute atomic E-state index is 11.3. The maximum Gasteiger partial charge on any atom is 0.260 e. The van der Waals surface area contributed by atoms with Gasteiger partial charge in [0.1, 0.15) is 0 Å². The molecule has 1 aromatic carbocycles. The number of halogens is 1. The topological polar surface area (TPSA) is 49.3 Å². The van der Waals surface area contributed by atoms with Gasteiger partial charge >= 0.3 is 0 Å². The van der Waals surface area contributed by atoms with Crippen LogP contribution in [0.4, 0.5) is 5.69 Å². The van der Waals surface area contributed by atoms with Crippen molar-refractivity contribution in [2.45, 2.75) is 12.5 Å². The third kappa shape index (κ3) is 1.12. The summed E-state index contributed by atoms with van der Waals surface area (Å²) in [6.45, 7) is 1.45. The van der Waals surface area contributed by atoms with Crippen molar-refractivity contribution in [2.75, 3.05) is 5.32 Å². The van der Waals surface area contributed by atoms with Crippen LogP contribution in [0.25, 0.3) is 0 Å². The van der Waals surface area contributed by atoms with Gasteiger partial charge in [0.15, 0.2) is 5.60 Å². The van der Waals surface area contributed by atoms with Gasteiger partial charge in [-0.1, -0.05) is 11.6 Å². The molecular formula is C9H8ClNO2. The second-order valence-electron chi connectivity index (χ2n) is 3.22. The molecule has 4 heteroatoms. The zero-order valence-electron chi connectivity index (χ0n) is 6.97. The molecule has 2 N–H and O–H groups in total. The summed E-state index contributed by atoms with van der Waals surface area (Å²) in [6, 6.07) is 4.94. The Hall–Kier alpha value is -1.06. The summed E-state index contributed by atoms with van der Waals surface area (Å²) in [5, 5.41) is 12.8. The van der Waals surface area contributed by atoms with Crippen molar-refractivity contribution >= 4 is 23.2 Å². The molecule has 0 spiro atoms. The van der Waals surface area contributed by atoms with Crippen LogP contribution in [0, 0.1) is 0 Å². The van der Waals surface area contributed by atoms with Gasteiger partial charge in [0.25, 0.3) is 5.91 Å². The molecule has 1 atom stereocenters. The van der Waals surface area contributed by atoms with Crippen molar-refractivity contribution in [3.63, 3.8) is 0 Å². The Morgan fingerprint density at radius 1 is 1.54 bits per heavy atom. The number of hydrogen-bond acceptors (Lipinski definition) is 2. The second-order valence-corrected chi connectivity index (χ2v) is 3.65. The van der Waals surface area contributed by atoms with Crippen molar-refractivity contribution in [1.82, 2.24) is 0 Å². The molecule has 0 aromatic heterocycles. The summed E-state index contributed by atoms with van der Waals surface area (Å²) < 4.78 is 0. The Kier molecular flexibility index (Phi) is 1.62. The first-order valence-corrected chi connectivity index (χ1v) is 4.23. The SMILES string of the molecule is CC1(O)C(=O)Nc2ccc(Cl)cc21. The van der Waals surface area contributed by atoms with Crippen LogP contribution in [-0.4, -0.2) is 11.0 Å². The minimum Gasteiger partial charge on any atom is -0.375 e. The summed E-state index contributed by atoms with van der Waals surface area (Å²) in [4.78, 5) is 11.3. The number of carbonyl (C=O) groups is 1. The highest BCUT2D eigenvalue weighted by atomic mass is 35.5. The highest BCUT2D eigenvalue weighted by Gasteiger charge is 2.40. The Labute approximate surface area is 80.3 Å². The zero-order chi connectivity index (χ0) is 9.64. The van der Waals surface area contributed by atoms with Crippen LogP contribution in [0.2, 0.25) is 5.02 Å². The average molecular weight is 198 g/mol. The largest absolute Gasteiger partial charge is 0.375 e. The van der Waals surface area contributed by atoms with Gasteiger partial charge in [-0.2, -0.15) is 0 Å². The molecule has 1 heterocycles. The molecule has 0 radical (unpaired) electrons. The lowest BCUT2D eigenvalue weighted by atomic mass is 9.98. The second kappa shape index (κ2) is 2.47. The highest BCUT2D eigenvalue weighted by Crippen LogP contribution is 2.36. The molecule has 0 saturated carbocycles. The fourth-order valence-electron chi connectivity index (χ4n) is 1.39. The van der Waals surface area contributed by atoms with E-state index in [1.54, 1.807) is 18.2 Å². The minimum absolute atomic E-state index is 0.412. The molecule has 2 rings (SSSR count). The Bertz CT molecular complexity index is 387. The summed E-state index contributed by atoms with van der Waals surface area (Å²) in [5.41, 5.74) is -0.301. The first-order valence-electron chi connectivity index (χ1n) is 3.85. The molecule has 1 unspecified atom stereocenters. The van der Waals surface area contributed by atoms with Crippen molar-refractivity contribution in [1.29, 1.82) is 0 Å². The maximum atomic E-state index is 11.3. The standard InChI is InChI=1S/C9H8ClNO2/c1-9(13)6-4-5(10)2-3-7(6)11-8(9)12/h2-4,13H,1H3,(H,11,12). The van der Waals surface area contributed by atoms with Crippen LogP contribution >= 0.6 is 11.6 Å². The average Bonchev–Trinajstić information content (AvgIpc) is 2.27. The lowest BCUT2D eigenvalue weighted by Crippen LogP contribution is -2.30. The van der Waals surface area contributed by atoms with Gasteiger partial charge in [-0.25, -0.2) is 0 Å². The summed E-state index contributed by atoms with van der Waals surface area (Å²) in [6.07, 6.45) is 0. The summed E-state index contributed by atoms with van der Waals surface area (Å²) >= 11 is 5.75. The monoisotopic (exact) mass is 197 g/mol. The quantitative estimate of drug-likeness (QED) is 0.662. The minimum atomic E-state index is -1.46. The molecule has 13 heavy (non-hydrogen) atoms. The van der Waals surface area contributed by atoms with E-state index in [0.29, 0.717) is 16.3 Å². The summed E-state index contributed by atoms with van der Waals surface area (Å²) in [5.74, 6) is -0.412. The van der Waals surface area contributed by atoms with Crippen LogP contribution in [-0.2, 0) is 10.4 Å². The van der Waals surface area contributed by atoms with Crippen molar-refractivity contribution in [2.24, 2.45) is 0 Å². The van der Waals surface area contributed by atoms with E-state index in [2.05, 4.69) is 5.32 Å². The number of aliphatic hydroxyl groups is 1. The number of carbonyl (C=O) groups excluding carboxylic acids is 1. The Balaban J connectivity index is 2.64. The number of hydrogen-bond donors (Lipinski definition) is 2. The summed E-state index contributed by atoms with van der Waals surface area (Å²) in [7, 11) is 0. The molecule has 1 aliphatic rings. The smallest absolute Gasteiger partial charge is 0.260 e.